The van der Waals surface area contributed by atoms with Gasteiger partial charge in [-0.1, -0.05) is 87.2 Å². The van der Waals surface area contributed by atoms with Gasteiger partial charge in [-0.25, -0.2) is 0 Å². The second kappa shape index (κ2) is 26.8. The second-order valence-electron chi connectivity index (χ2n) is 22.2. The van der Waals surface area contributed by atoms with Gasteiger partial charge in [-0.3, -0.25) is 23.9 Å². The highest BCUT2D eigenvalue weighted by atomic mass is 35.5. The van der Waals surface area contributed by atoms with Crippen molar-refractivity contribution in [2.24, 2.45) is 34.2 Å². The fourth-order valence-corrected chi connectivity index (χ4v) is 14.6. The molecule has 2 saturated carbocycles. The molecule has 77 heavy (non-hydrogen) atoms. The number of hydrogen-bond donors (Lipinski definition) is 4. The van der Waals surface area contributed by atoms with Gasteiger partial charge in [0.25, 0.3) is 5.56 Å². The van der Waals surface area contributed by atoms with E-state index in [1.807, 2.05) is 62.4 Å². The third-order valence-electron chi connectivity index (χ3n) is 17.9. The number of nitrogens with zero attached hydrogens (tertiary/aromatic N) is 6. The van der Waals surface area contributed by atoms with Crippen LogP contribution in [0.2, 0.25) is 5.02 Å². The van der Waals surface area contributed by atoms with Gasteiger partial charge in [0, 0.05) is 36.4 Å². The van der Waals surface area contributed by atoms with Crippen molar-refractivity contribution in [3.8, 4) is 5.69 Å². The molecular weight excluding hydrogens is 1000 g/mol. The maximum atomic E-state index is 14.6. The second-order valence-corrected chi connectivity index (χ2v) is 23.5. The molecule has 13 nitrogen and oxygen atoms in total. The number of allylic oxidation sites excluding steroid dienone is 2. The van der Waals surface area contributed by atoms with Crippen molar-refractivity contribution in [1.29, 1.82) is 0 Å². The number of likely N-dealkylation sites (tertiary alicyclic amines) is 3. The quantitative estimate of drug-likeness (QED) is 0.0893. The molecule has 2 atom stereocenters. The number of nitrogens with two attached hydrogens (primary N) is 2. The lowest BCUT2D eigenvalue weighted by molar-refractivity contribution is -0.141. The van der Waals surface area contributed by atoms with Crippen molar-refractivity contribution in [2.45, 2.75) is 147 Å². The van der Waals surface area contributed by atoms with Gasteiger partial charge in [-0.05, 0) is 201 Å². The van der Waals surface area contributed by atoms with Gasteiger partial charge in [0.1, 0.15) is 17.9 Å². The first-order valence-corrected chi connectivity index (χ1v) is 30.5. The van der Waals surface area contributed by atoms with Crippen molar-refractivity contribution in [1.82, 2.24) is 34.9 Å². The monoisotopic (exact) mass is 1090 g/mol. The number of aliphatic imine (C=N–C) groups is 1. The van der Waals surface area contributed by atoms with Gasteiger partial charge in [-0.15, -0.1) is 11.8 Å². The van der Waals surface area contributed by atoms with Crippen molar-refractivity contribution < 1.29 is 9.59 Å². The summed E-state index contributed by atoms with van der Waals surface area (Å²) in [6, 6.07) is 20.2. The minimum absolute atomic E-state index is 0.0131. The van der Waals surface area contributed by atoms with Gasteiger partial charge in [-0.2, -0.15) is 4.98 Å². The number of aromatic nitrogens is 2. The minimum atomic E-state index is -0.489. The number of hydrogen-bond acceptors (Lipinski definition) is 11. The smallest absolute Gasteiger partial charge is 0.282 e. The molecule has 4 aliphatic heterocycles. The molecule has 0 radical (unpaired) electrons. The molecule has 2 amide bonds. The summed E-state index contributed by atoms with van der Waals surface area (Å²) in [6.45, 7) is 15.8. The molecule has 4 aromatic rings. The van der Waals surface area contributed by atoms with E-state index < -0.39 is 12.1 Å². The van der Waals surface area contributed by atoms with Crippen LogP contribution in [-0.2, 0) is 21.5 Å². The molecule has 2 unspecified atom stereocenters. The standard InChI is InChI=1S/C59H76ClN9O3S.C2H6.CH5N/c1-38(62-2)54(73-4)44-19-13-39(14-20-44)35-64-55(70)50-12-9-29-68(50)57(72)53(43-23-30-66(3)31-24-43)63-36-48(61)42-17-15-40(16-18-42)37-67-32-25-41(26-33-67)45-21-22-46-51(34-45)69-49-11-8-10-47(60)52(49)56(71)65-58(69)59(46)27-6-5-7-28-59;2*1-2/h8,10-11,13-14,19-22,34,36,40-43,50,53,63H,2,5-7,9,12,15-18,23-33,35,37,61H2,1,3-4H3,(H,64,70);1-2H3;2H2,1H3/b48-36-,54-38-;;. The summed E-state index contributed by atoms with van der Waals surface area (Å²) in [5.74, 6) is 2.40. The zero-order valence-electron chi connectivity index (χ0n) is 46.9. The largest absolute Gasteiger partial charge is 0.401 e. The average molecular weight is 1090 g/mol. The molecule has 6 aliphatic rings. The third kappa shape index (κ3) is 12.6. The lowest BCUT2D eigenvalue weighted by Gasteiger charge is -2.38. The summed E-state index contributed by atoms with van der Waals surface area (Å²) in [7, 11) is 3.64. The van der Waals surface area contributed by atoms with Crippen molar-refractivity contribution >= 4 is 57.7 Å². The number of halogens is 1. The van der Waals surface area contributed by atoms with E-state index in [1.165, 1.54) is 30.3 Å². The fourth-order valence-electron chi connectivity index (χ4n) is 13.6. The Labute approximate surface area is 468 Å². The Morgan fingerprint density at radius 3 is 2.29 bits per heavy atom. The van der Waals surface area contributed by atoms with E-state index in [0.717, 1.165) is 155 Å². The maximum Gasteiger partial charge on any atom is 0.282 e. The predicted octanol–water partition coefficient (Wildman–Crippen LogP) is 10.3. The molecule has 3 saturated heterocycles. The zero-order chi connectivity index (χ0) is 54.8. The normalized spacial score (nSPS) is 22.7. The van der Waals surface area contributed by atoms with Gasteiger partial charge in [0.2, 0.25) is 11.8 Å². The Hall–Kier alpha value is -4.99. The summed E-state index contributed by atoms with van der Waals surface area (Å²) in [5, 5.41) is 7.72. The molecule has 1 spiro atoms. The number of nitrogens with one attached hydrogen (secondary N) is 2. The van der Waals surface area contributed by atoms with Crippen molar-refractivity contribution in [3.05, 3.63) is 122 Å². The molecule has 5 heterocycles. The molecule has 15 heteroatoms. The first-order chi connectivity index (χ1) is 37.5. The Bertz CT molecular complexity index is 2800. The Morgan fingerprint density at radius 2 is 1.61 bits per heavy atom. The van der Waals surface area contributed by atoms with E-state index in [9.17, 15) is 14.4 Å². The number of carbonyl (C=O) groups excluding carboxylic acids is 2. The molecule has 1 aromatic heterocycles. The van der Waals surface area contributed by atoms with Crippen molar-refractivity contribution in [2.75, 3.05) is 59.6 Å². The first kappa shape index (κ1) is 58.2. The van der Waals surface area contributed by atoms with Crippen LogP contribution in [0.1, 0.15) is 151 Å². The van der Waals surface area contributed by atoms with E-state index in [1.54, 1.807) is 17.8 Å². The zero-order valence-corrected chi connectivity index (χ0v) is 48.5. The van der Waals surface area contributed by atoms with E-state index in [2.05, 4.69) is 79.8 Å². The topological polar surface area (TPSA) is 167 Å². The van der Waals surface area contributed by atoms with E-state index in [4.69, 9.17) is 22.3 Å². The first-order valence-electron chi connectivity index (χ1n) is 28.9. The Balaban J connectivity index is 0.00000192. The molecule has 2 aliphatic carbocycles. The Kier molecular flexibility index (Phi) is 20.2. The summed E-state index contributed by atoms with van der Waals surface area (Å²) in [4.78, 5) is 58.7. The van der Waals surface area contributed by atoms with Crippen LogP contribution in [0.25, 0.3) is 21.5 Å². The molecule has 416 valence electrons. The number of fused-ring (bicyclic) bond motifs is 7. The van der Waals surface area contributed by atoms with Crippen LogP contribution >= 0.6 is 23.4 Å². The van der Waals surface area contributed by atoms with Crippen LogP contribution in [0, 0.1) is 17.8 Å². The van der Waals surface area contributed by atoms with E-state index >= 15 is 0 Å². The number of piperidine rings is 2. The number of benzene rings is 3. The highest BCUT2D eigenvalue weighted by Crippen LogP contribution is 2.52. The lowest BCUT2D eigenvalue weighted by atomic mass is 9.69. The molecule has 3 aromatic carbocycles. The van der Waals surface area contributed by atoms with Gasteiger partial charge in [0.15, 0.2) is 0 Å². The van der Waals surface area contributed by atoms with Crippen LogP contribution in [0.4, 0.5) is 0 Å². The SMILES string of the molecule is C=N/C(C)=C(\SC)c1ccc(CNC(=O)C2CCCN2C(=O)C(N/C=C(\N)C2CCC(CN3CCC(c4ccc5c(c4)-n4c(nc(=O)c6c(Cl)cccc64)C54CCCCC4)CC3)CC2)C2CCN(C)CC2)cc1.CC.CN. The number of thioether (sulfide) groups is 1. The predicted molar refractivity (Wildman–Crippen MR) is 320 cm³/mol. The highest BCUT2D eigenvalue weighted by molar-refractivity contribution is 8.07. The van der Waals surface area contributed by atoms with Crippen LogP contribution < -0.4 is 27.7 Å². The van der Waals surface area contributed by atoms with Crippen LogP contribution in [0.15, 0.2) is 88.0 Å². The number of amides is 2. The molecule has 10 rings (SSSR count). The highest BCUT2D eigenvalue weighted by Gasteiger charge is 2.47. The van der Waals surface area contributed by atoms with Crippen LogP contribution in [0.5, 0.6) is 0 Å². The van der Waals surface area contributed by atoms with Gasteiger partial charge < -0.3 is 36.8 Å². The van der Waals surface area contributed by atoms with Gasteiger partial charge in [0.05, 0.1) is 32.7 Å². The summed E-state index contributed by atoms with van der Waals surface area (Å²) in [5.41, 5.74) is 19.6. The lowest BCUT2D eigenvalue weighted by Crippen LogP contribution is -2.55. The summed E-state index contributed by atoms with van der Waals surface area (Å²) < 4.78 is 2.28. The molecular formula is C62H87ClN10O3S. The molecule has 0 bridgehead atoms. The van der Waals surface area contributed by atoms with Crippen molar-refractivity contribution in [3.63, 3.8) is 0 Å². The number of carbonyl (C=O) groups is 2. The minimum Gasteiger partial charge on any atom is -0.401 e. The molecule has 6 N–H and O–H groups in total. The summed E-state index contributed by atoms with van der Waals surface area (Å²) in [6.07, 6.45) is 19.5. The van der Waals surface area contributed by atoms with Crippen LogP contribution in [0.3, 0.4) is 0 Å². The molecule has 5 fully saturated rings. The van der Waals surface area contributed by atoms with E-state index in [0.29, 0.717) is 41.8 Å². The fraction of sp³-hybridized carbons (Fsp3) is 0.565. The van der Waals surface area contributed by atoms with Crippen LogP contribution in [-0.4, -0.2) is 114 Å². The summed E-state index contributed by atoms with van der Waals surface area (Å²) >= 11 is 8.30. The van der Waals surface area contributed by atoms with E-state index in [-0.39, 0.29) is 34.6 Å². The maximum absolute atomic E-state index is 14.6. The van der Waals surface area contributed by atoms with Gasteiger partial charge >= 0.3 is 0 Å². The average Bonchev–Trinajstić information content (AvgIpc) is 4.29. The number of rotatable bonds is 14. The Morgan fingerprint density at radius 1 is 0.909 bits per heavy atom. The third-order valence-corrected chi connectivity index (χ3v) is 19.1.